The van der Waals surface area contributed by atoms with Crippen molar-refractivity contribution < 1.29 is 9.53 Å². The molecule has 0 radical (unpaired) electrons. The zero-order valence-corrected chi connectivity index (χ0v) is 19.6. The number of carbonyl (C=O) groups excluding carboxylic acids is 1. The van der Waals surface area contributed by atoms with Crippen molar-refractivity contribution in [3.63, 3.8) is 0 Å². The summed E-state index contributed by atoms with van der Waals surface area (Å²) in [6, 6.07) is 18.3. The number of ether oxygens (including phenoxy) is 1. The van der Waals surface area contributed by atoms with Crippen molar-refractivity contribution >= 4 is 5.91 Å². The fraction of sp³-hybridized carbons (Fsp3) is 0.407. The van der Waals surface area contributed by atoms with E-state index in [9.17, 15) is 9.59 Å². The fourth-order valence-corrected chi connectivity index (χ4v) is 5.39. The monoisotopic (exact) mass is 460 g/mol. The average Bonchev–Trinajstić information content (AvgIpc) is 3.47. The van der Waals surface area contributed by atoms with E-state index in [1.54, 1.807) is 11.5 Å². The molecule has 5 rings (SSSR count). The van der Waals surface area contributed by atoms with E-state index in [0.717, 1.165) is 62.4 Å². The predicted molar refractivity (Wildman–Crippen MR) is 132 cm³/mol. The molecule has 7 heteroatoms. The van der Waals surface area contributed by atoms with E-state index in [2.05, 4.69) is 10.2 Å². The van der Waals surface area contributed by atoms with E-state index in [4.69, 9.17) is 4.74 Å². The van der Waals surface area contributed by atoms with Gasteiger partial charge in [-0.15, -0.1) is 0 Å². The van der Waals surface area contributed by atoms with Gasteiger partial charge in [-0.05, 0) is 68.5 Å². The summed E-state index contributed by atoms with van der Waals surface area (Å²) in [7, 11) is 0. The summed E-state index contributed by atoms with van der Waals surface area (Å²) in [5.74, 6) is 1.58. The molecule has 178 valence electrons. The SMILES string of the molecule is CC(=O)N[C@@H]1CCN(C2CCC(n3ccn(-c4ccc(Oc5ccccc5)cc4)c3=O)CC2)C1. The number of nitrogens with one attached hydrogen (secondary N) is 1. The third-order valence-electron chi connectivity index (χ3n) is 7.10. The summed E-state index contributed by atoms with van der Waals surface area (Å²) in [5.41, 5.74) is 0.839. The first kappa shape index (κ1) is 22.5. The smallest absolute Gasteiger partial charge is 0.332 e. The Bertz CT molecular complexity index is 1160. The van der Waals surface area contributed by atoms with Crippen LogP contribution in [0.3, 0.4) is 0 Å². The largest absolute Gasteiger partial charge is 0.457 e. The molecule has 1 amide bonds. The topological polar surface area (TPSA) is 68.5 Å². The molecule has 1 aliphatic heterocycles. The van der Waals surface area contributed by atoms with Gasteiger partial charge in [0.15, 0.2) is 0 Å². The maximum atomic E-state index is 13.2. The highest BCUT2D eigenvalue weighted by Crippen LogP contribution is 2.32. The van der Waals surface area contributed by atoms with Crippen molar-refractivity contribution in [3.05, 3.63) is 77.5 Å². The van der Waals surface area contributed by atoms with Crippen LogP contribution in [0.5, 0.6) is 11.5 Å². The summed E-state index contributed by atoms with van der Waals surface area (Å²) in [6.07, 6.45) is 8.97. The number of rotatable bonds is 6. The van der Waals surface area contributed by atoms with Crippen LogP contribution in [0.15, 0.2) is 71.8 Å². The second-order valence-electron chi connectivity index (χ2n) is 9.41. The zero-order valence-electron chi connectivity index (χ0n) is 19.6. The molecule has 1 aliphatic carbocycles. The number of nitrogens with zero attached hydrogens (tertiary/aromatic N) is 3. The van der Waals surface area contributed by atoms with Gasteiger partial charge in [0.2, 0.25) is 5.91 Å². The molecule has 7 nitrogen and oxygen atoms in total. The maximum absolute atomic E-state index is 13.2. The summed E-state index contributed by atoms with van der Waals surface area (Å²) in [6.45, 7) is 3.57. The normalized spacial score (nSPS) is 23.0. The number of para-hydroxylation sites is 1. The van der Waals surface area contributed by atoms with Gasteiger partial charge in [0.05, 0.1) is 5.69 Å². The third kappa shape index (κ3) is 4.94. The highest BCUT2D eigenvalue weighted by molar-refractivity contribution is 5.73. The van der Waals surface area contributed by atoms with Gasteiger partial charge < -0.3 is 10.1 Å². The predicted octanol–water partition coefficient (Wildman–Crippen LogP) is 4.13. The van der Waals surface area contributed by atoms with Crippen LogP contribution in [-0.2, 0) is 4.79 Å². The number of imidazole rings is 1. The molecule has 0 unspecified atom stereocenters. The minimum Gasteiger partial charge on any atom is -0.457 e. The lowest BCUT2D eigenvalue weighted by Crippen LogP contribution is -2.41. The number of hydrogen-bond donors (Lipinski definition) is 1. The molecule has 34 heavy (non-hydrogen) atoms. The second-order valence-corrected chi connectivity index (χ2v) is 9.41. The summed E-state index contributed by atoms with van der Waals surface area (Å²) in [5, 5.41) is 3.05. The number of benzene rings is 2. The zero-order chi connectivity index (χ0) is 23.5. The van der Waals surface area contributed by atoms with Gasteiger partial charge in [0.1, 0.15) is 11.5 Å². The molecule has 1 saturated carbocycles. The van der Waals surface area contributed by atoms with Crippen molar-refractivity contribution in [1.82, 2.24) is 19.4 Å². The number of hydrogen-bond acceptors (Lipinski definition) is 4. The molecule has 3 aromatic rings. The van der Waals surface area contributed by atoms with Crippen LogP contribution in [0.1, 0.15) is 45.1 Å². The van der Waals surface area contributed by atoms with Crippen LogP contribution in [0.4, 0.5) is 0 Å². The molecular weight excluding hydrogens is 428 g/mol. The highest BCUT2D eigenvalue weighted by atomic mass is 16.5. The van der Waals surface area contributed by atoms with E-state index >= 15 is 0 Å². The first-order chi connectivity index (χ1) is 16.6. The lowest BCUT2D eigenvalue weighted by molar-refractivity contribution is -0.119. The number of aromatic nitrogens is 2. The molecule has 1 aromatic heterocycles. The van der Waals surface area contributed by atoms with Gasteiger partial charge in [-0.25, -0.2) is 4.79 Å². The molecule has 0 spiro atoms. The summed E-state index contributed by atoms with van der Waals surface area (Å²) < 4.78 is 9.46. The van der Waals surface area contributed by atoms with Crippen LogP contribution in [0.25, 0.3) is 5.69 Å². The number of likely N-dealkylation sites (tertiary alicyclic amines) is 1. The van der Waals surface area contributed by atoms with E-state index in [0.29, 0.717) is 6.04 Å². The van der Waals surface area contributed by atoms with Gasteiger partial charge in [-0.1, -0.05) is 18.2 Å². The Labute approximate surface area is 200 Å². The molecule has 2 heterocycles. The minimum atomic E-state index is 0.00655. The van der Waals surface area contributed by atoms with Crippen LogP contribution in [-0.4, -0.2) is 45.1 Å². The van der Waals surface area contributed by atoms with Crippen molar-refractivity contribution in [1.29, 1.82) is 0 Å². The van der Waals surface area contributed by atoms with E-state index < -0.39 is 0 Å². The molecule has 1 N–H and O–H groups in total. The Morgan fingerprint density at radius 2 is 1.56 bits per heavy atom. The lowest BCUT2D eigenvalue weighted by Gasteiger charge is -2.34. The summed E-state index contributed by atoms with van der Waals surface area (Å²) in [4.78, 5) is 27.0. The Kier molecular flexibility index (Phi) is 6.54. The Balaban J connectivity index is 1.19. The van der Waals surface area contributed by atoms with E-state index in [1.807, 2.05) is 71.6 Å². The van der Waals surface area contributed by atoms with Crippen molar-refractivity contribution in [2.75, 3.05) is 13.1 Å². The quantitative estimate of drug-likeness (QED) is 0.601. The highest BCUT2D eigenvalue weighted by Gasteiger charge is 2.32. The summed E-state index contributed by atoms with van der Waals surface area (Å²) >= 11 is 0. The number of amides is 1. The van der Waals surface area contributed by atoms with Crippen molar-refractivity contribution in [2.45, 2.75) is 57.2 Å². The van der Waals surface area contributed by atoms with Gasteiger partial charge >= 0.3 is 5.69 Å². The Hall–Kier alpha value is -3.32. The molecule has 2 aliphatic rings. The van der Waals surface area contributed by atoms with Crippen LogP contribution >= 0.6 is 0 Å². The standard InChI is InChI=1S/C27H32N4O3/c1-20(32)28-21-15-16-29(19-21)22-7-9-23(10-8-22)30-17-18-31(27(30)33)24-11-13-26(14-12-24)34-25-5-3-2-4-6-25/h2-6,11-14,17-18,21-23H,7-10,15-16,19H2,1H3,(H,28,32)/t21-,22?,23?/m1/s1. The van der Waals surface area contributed by atoms with E-state index in [1.165, 1.54) is 0 Å². The minimum absolute atomic E-state index is 0.00655. The third-order valence-corrected chi connectivity index (χ3v) is 7.10. The second kappa shape index (κ2) is 9.89. The molecule has 0 bridgehead atoms. The lowest BCUT2D eigenvalue weighted by atomic mass is 9.90. The Morgan fingerprint density at radius 1 is 0.882 bits per heavy atom. The van der Waals surface area contributed by atoms with E-state index in [-0.39, 0.29) is 23.7 Å². The molecule has 2 fully saturated rings. The van der Waals surface area contributed by atoms with Gasteiger partial charge in [0, 0.05) is 50.5 Å². The number of carbonyl (C=O) groups is 1. The average molecular weight is 461 g/mol. The molecule has 2 aromatic carbocycles. The van der Waals surface area contributed by atoms with Crippen molar-refractivity contribution in [3.8, 4) is 17.2 Å². The van der Waals surface area contributed by atoms with Gasteiger partial charge in [0.25, 0.3) is 0 Å². The first-order valence-corrected chi connectivity index (χ1v) is 12.2. The van der Waals surface area contributed by atoms with Crippen molar-refractivity contribution in [2.24, 2.45) is 0 Å². The van der Waals surface area contributed by atoms with Gasteiger partial charge in [-0.2, -0.15) is 0 Å². The maximum Gasteiger partial charge on any atom is 0.332 e. The van der Waals surface area contributed by atoms with Crippen LogP contribution in [0.2, 0.25) is 0 Å². The van der Waals surface area contributed by atoms with Crippen LogP contribution < -0.4 is 15.7 Å². The molecular formula is C27H32N4O3. The molecule has 1 atom stereocenters. The first-order valence-electron chi connectivity index (χ1n) is 12.2. The Morgan fingerprint density at radius 3 is 2.26 bits per heavy atom. The molecule has 1 saturated heterocycles. The fourth-order valence-electron chi connectivity index (χ4n) is 5.39. The van der Waals surface area contributed by atoms with Gasteiger partial charge in [-0.3, -0.25) is 18.8 Å². The van der Waals surface area contributed by atoms with Crippen LogP contribution in [0, 0.1) is 0 Å².